The molecular weight excluding hydrogens is 238 g/mol. The van der Waals surface area contributed by atoms with Gasteiger partial charge in [-0.3, -0.25) is 0 Å². The lowest BCUT2D eigenvalue weighted by atomic mass is 10.0. The largest absolute Gasteiger partial charge is 0.497 e. The smallest absolute Gasteiger partial charge is 0.119 e. The molecule has 3 nitrogen and oxygen atoms in total. The van der Waals surface area contributed by atoms with Crippen LogP contribution < -0.4 is 10.1 Å². The molecule has 1 aliphatic rings. The summed E-state index contributed by atoms with van der Waals surface area (Å²) in [5, 5.41) is 3.65. The first-order chi connectivity index (χ1) is 9.31. The predicted molar refractivity (Wildman–Crippen MR) is 77.8 cm³/mol. The summed E-state index contributed by atoms with van der Waals surface area (Å²) in [6.07, 6.45) is 4.89. The Kier molecular flexibility index (Phi) is 5.67. The van der Waals surface area contributed by atoms with Crippen molar-refractivity contribution in [2.75, 3.05) is 20.3 Å². The molecule has 0 aromatic heterocycles. The van der Waals surface area contributed by atoms with Gasteiger partial charge in [0.25, 0.3) is 0 Å². The van der Waals surface area contributed by atoms with E-state index in [1.165, 1.54) is 5.56 Å². The van der Waals surface area contributed by atoms with Gasteiger partial charge in [0, 0.05) is 12.6 Å². The Hall–Kier alpha value is -1.06. The minimum atomic E-state index is 0.447. The lowest BCUT2D eigenvalue weighted by Crippen LogP contribution is -2.39. The van der Waals surface area contributed by atoms with E-state index in [1.807, 2.05) is 6.07 Å². The van der Waals surface area contributed by atoms with Crippen molar-refractivity contribution in [3.63, 3.8) is 0 Å². The summed E-state index contributed by atoms with van der Waals surface area (Å²) in [5.74, 6) is 0.939. The van der Waals surface area contributed by atoms with Crippen molar-refractivity contribution < 1.29 is 9.47 Å². The van der Waals surface area contributed by atoms with Crippen LogP contribution in [0.5, 0.6) is 5.75 Å². The van der Waals surface area contributed by atoms with E-state index in [9.17, 15) is 0 Å². The molecule has 2 unspecified atom stereocenters. The van der Waals surface area contributed by atoms with Crippen LogP contribution in [0, 0.1) is 0 Å². The fourth-order valence-electron chi connectivity index (χ4n) is 2.60. The highest BCUT2D eigenvalue weighted by molar-refractivity contribution is 5.28. The van der Waals surface area contributed by atoms with Crippen molar-refractivity contribution in [3.05, 3.63) is 29.8 Å². The number of benzene rings is 1. The highest BCUT2D eigenvalue weighted by atomic mass is 16.5. The van der Waals surface area contributed by atoms with Crippen molar-refractivity contribution in [1.29, 1.82) is 0 Å². The van der Waals surface area contributed by atoms with Crippen LogP contribution in [0.2, 0.25) is 0 Å². The second-order valence-electron chi connectivity index (χ2n) is 5.18. The summed E-state index contributed by atoms with van der Waals surface area (Å²) in [7, 11) is 1.71. The number of hydrogen-bond donors (Lipinski definition) is 1. The van der Waals surface area contributed by atoms with Crippen LogP contribution in [0.4, 0.5) is 0 Å². The van der Waals surface area contributed by atoms with E-state index < -0.39 is 0 Å². The molecule has 106 valence electrons. The van der Waals surface area contributed by atoms with Crippen LogP contribution in [-0.4, -0.2) is 32.4 Å². The van der Waals surface area contributed by atoms with Crippen LogP contribution in [0.1, 0.15) is 31.7 Å². The molecule has 0 amide bonds. The molecule has 1 saturated heterocycles. The molecule has 1 aromatic carbocycles. The minimum Gasteiger partial charge on any atom is -0.497 e. The molecule has 0 aliphatic carbocycles. The number of ether oxygens (including phenoxy) is 2. The maximum Gasteiger partial charge on any atom is 0.119 e. The molecule has 1 fully saturated rings. The first-order valence-corrected chi connectivity index (χ1v) is 7.29. The molecule has 1 aromatic rings. The molecule has 2 rings (SSSR count). The summed E-state index contributed by atoms with van der Waals surface area (Å²) in [6.45, 7) is 4.12. The third-order valence-corrected chi connectivity index (χ3v) is 3.80. The molecule has 19 heavy (non-hydrogen) atoms. The van der Waals surface area contributed by atoms with Crippen molar-refractivity contribution in [2.45, 2.75) is 44.8 Å². The fourth-order valence-corrected chi connectivity index (χ4v) is 2.60. The van der Waals surface area contributed by atoms with E-state index >= 15 is 0 Å². The molecule has 0 radical (unpaired) electrons. The molecule has 1 aliphatic heterocycles. The normalized spacial score (nSPS) is 23.3. The van der Waals surface area contributed by atoms with Gasteiger partial charge in [0.1, 0.15) is 5.75 Å². The third-order valence-electron chi connectivity index (χ3n) is 3.80. The summed E-state index contributed by atoms with van der Waals surface area (Å²) < 4.78 is 10.9. The van der Waals surface area contributed by atoms with Crippen LogP contribution in [0.15, 0.2) is 24.3 Å². The summed E-state index contributed by atoms with van der Waals surface area (Å²) in [6, 6.07) is 8.92. The van der Waals surface area contributed by atoms with Gasteiger partial charge in [-0.25, -0.2) is 0 Å². The number of methoxy groups -OCH3 is 1. The maximum absolute atomic E-state index is 5.70. The lowest BCUT2D eigenvalue weighted by Gasteiger charge is -2.29. The number of rotatable bonds is 6. The van der Waals surface area contributed by atoms with Crippen LogP contribution in [0.3, 0.4) is 0 Å². The third kappa shape index (κ3) is 4.51. The molecule has 0 spiro atoms. The molecule has 0 saturated carbocycles. The summed E-state index contributed by atoms with van der Waals surface area (Å²) in [5.41, 5.74) is 1.32. The van der Waals surface area contributed by atoms with E-state index in [4.69, 9.17) is 9.47 Å². The van der Waals surface area contributed by atoms with Gasteiger partial charge in [-0.05, 0) is 49.9 Å². The van der Waals surface area contributed by atoms with Gasteiger partial charge < -0.3 is 14.8 Å². The number of nitrogens with one attached hydrogen (secondary N) is 1. The number of hydrogen-bond acceptors (Lipinski definition) is 3. The second kappa shape index (κ2) is 7.51. The van der Waals surface area contributed by atoms with Crippen molar-refractivity contribution in [3.8, 4) is 5.75 Å². The molecule has 2 atom stereocenters. The molecule has 1 heterocycles. The van der Waals surface area contributed by atoms with E-state index in [0.717, 1.165) is 44.6 Å². The average Bonchev–Trinajstić information content (AvgIpc) is 2.48. The van der Waals surface area contributed by atoms with Gasteiger partial charge in [0.2, 0.25) is 0 Å². The molecule has 0 bridgehead atoms. The predicted octanol–water partition coefficient (Wildman–Crippen LogP) is 2.78. The van der Waals surface area contributed by atoms with Gasteiger partial charge in [0.15, 0.2) is 0 Å². The monoisotopic (exact) mass is 263 g/mol. The SMILES string of the molecule is CCC1CC(NCCc2cccc(OC)c2)CCO1. The van der Waals surface area contributed by atoms with E-state index in [2.05, 4.69) is 30.4 Å². The Morgan fingerprint density at radius 2 is 2.32 bits per heavy atom. The van der Waals surface area contributed by atoms with Gasteiger partial charge in [-0.15, -0.1) is 0 Å². The summed E-state index contributed by atoms with van der Waals surface area (Å²) in [4.78, 5) is 0. The van der Waals surface area contributed by atoms with Gasteiger partial charge in [0.05, 0.1) is 13.2 Å². The van der Waals surface area contributed by atoms with E-state index in [-0.39, 0.29) is 0 Å². The topological polar surface area (TPSA) is 30.5 Å². The lowest BCUT2D eigenvalue weighted by molar-refractivity contribution is 0.000116. The van der Waals surface area contributed by atoms with Crippen LogP contribution in [-0.2, 0) is 11.2 Å². The minimum absolute atomic E-state index is 0.447. The zero-order valence-electron chi connectivity index (χ0n) is 12.0. The van der Waals surface area contributed by atoms with Crippen molar-refractivity contribution >= 4 is 0 Å². The highest BCUT2D eigenvalue weighted by Gasteiger charge is 2.20. The van der Waals surface area contributed by atoms with Crippen LogP contribution >= 0.6 is 0 Å². The van der Waals surface area contributed by atoms with Gasteiger partial charge >= 0.3 is 0 Å². The Labute approximate surface area is 116 Å². The zero-order valence-corrected chi connectivity index (χ0v) is 12.0. The standard InChI is InChI=1S/C16H25NO2/c1-3-15-12-14(8-10-19-15)17-9-7-13-5-4-6-16(11-13)18-2/h4-6,11,14-15,17H,3,7-10,12H2,1-2H3. The second-order valence-corrected chi connectivity index (χ2v) is 5.18. The van der Waals surface area contributed by atoms with E-state index in [1.54, 1.807) is 7.11 Å². The quantitative estimate of drug-likeness (QED) is 0.856. The van der Waals surface area contributed by atoms with E-state index in [0.29, 0.717) is 12.1 Å². The molecule has 3 heteroatoms. The van der Waals surface area contributed by atoms with Gasteiger partial charge in [-0.2, -0.15) is 0 Å². The zero-order chi connectivity index (χ0) is 13.5. The first-order valence-electron chi connectivity index (χ1n) is 7.29. The van der Waals surface area contributed by atoms with Gasteiger partial charge in [-0.1, -0.05) is 19.1 Å². The Bertz CT molecular complexity index is 381. The Balaban J connectivity index is 1.73. The summed E-state index contributed by atoms with van der Waals surface area (Å²) >= 11 is 0. The maximum atomic E-state index is 5.70. The van der Waals surface area contributed by atoms with Crippen LogP contribution in [0.25, 0.3) is 0 Å². The molecule has 1 N–H and O–H groups in total. The highest BCUT2D eigenvalue weighted by Crippen LogP contribution is 2.16. The average molecular weight is 263 g/mol. The van der Waals surface area contributed by atoms with Crippen molar-refractivity contribution in [2.24, 2.45) is 0 Å². The fraction of sp³-hybridized carbons (Fsp3) is 0.625. The van der Waals surface area contributed by atoms with Crippen molar-refractivity contribution in [1.82, 2.24) is 5.32 Å². The molecular formula is C16H25NO2. The Morgan fingerprint density at radius 3 is 3.11 bits per heavy atom. The Morgan fingerprint density at radius 1 is 1.42 bits per heavy atom. The first kappa shape index (κ1) is 14.4.